The molecule has 1 aliphatic carbocycles. The smallest absolute Gasteiger partial charge is 0.206 e. The van der Waals surface area contributed by atoms with Gasteiger partial charge >= 0.3 is 0 Å². The van der Waals surface area contributed by atoms with E-state index >= 15 is 0 Å². The summed E-state index contributed by atoms with van der Waals surface area (Å²) >= 11 is 0. The summed E-state index contributed by atoms with van der Waals surface area (Å²) in [6.45, 7) is 3.02. The Morgan fingerprint density at radius 1 is 1.21 bits per heavy atom. The molecule has 2 heterocycles. The lowest BCUT2D eigenvalue weighted by molar-refractivity contribution is 0.309. The van der Waals surface area contributed by atoms with Crippen molar-refractivity contribution in [2.45, 2.75) is 38.3 Å². The number of hydrogen-bond acceptors (Lipinski definition) is 5. The van der Waals surface area contributed by atoms with Gasteiger partial charge in [0.15, 0.2) is 0 Å². The predicted octanol–water partition coefficient (Wildman–Crippen LogP) is 2.60. The van der Waals surface area contributed by atoms with Crippen LogP contribution in [0.15, 0.2) is 42.6 Å². The Morgan fingerprint density at radius 2 is 2.12 bits per heavy atom. The molecule has 0 spiro atoms. The highest BCUT2D eigenvalue weighted by atomic mass is 15.5. The van der Waals surface area contributed by atoms with Crippen LogP contribution < -0.4 is 5.32 Å². The molecular formula is C18H20N6. The van der Waals surface area contributed by atoms with Gasteiger partial charge < -0.3 is 5.32 Å². The zero-order valence-corrected chi connectivity index (χ0v) is 13.7. The second-order valence-electron chi connectivity index (χ2n) is 6.47. The summed E-state index contributed by atoms with van der Waals surface area (Å²) in [5.74, 6) is 0.565. The third-order valence-electron chi connectivity index (χ3n) is 4.82. The lowest BCUT2D eigenvalue weighted by Crippen LogP contribution is -2.42. The second kappa shape index (κ2) is 6.13. The number of aromatic nitrogens is 5. The van der Waals surface area contributed by atoms with Crippen LogP contribution in [0.4, 0.5) is 0 Å². The molecule has 2 aromatic heterocycles. The fourth-order valence-corrected chi connectivity index (χ4v) is 3.46. The molecule has 24 heavy (non-hydrogen) atoms. The molecule has 4 rings (SSSR count). The molecule has 2 N–H and O–H groups in total. The van der Waals surface area contributed by atoms with Gasteiger partial charge in [0, 0.05) is 23.8 Å². The Kier molecular flexibility index (Phi) is 3.82. The number of aromatic amines is 1. The van der Waals surface area contributed by atoms with Gasteiger partial charge in [0.2, 0.25) is 5.82 Å². The number of benzene rings is 1. The standard InChI is InChI=1S/C18H20N6/c1-18(10-4-6-13-5-2-3-7-16(13)18)20-12-15-9-8-14(11-19-15)17-21-23-24-22-17/h2-3,5,7-9,11,20H,4,6,10,12H2,1H3,(H,21,22,23,24). The minimum atomic E-state index is 0.00284. The average Bonchev–Trinajstić information content (AvgIpc) is 3.16. The van der Waals surface area contributed by atoms with E-state index in [1.807, 2.05) is 12.1 Å². The molecule has 0 amide bonds. The average molecular weight is 320 g/mol. The molecule has 0 radical (unpaired) electrons. The van der Waals surface area contributed by atoms with Crippen LogP contribution in [0.1, 0.15) is 36.6 Å². The first-order chi connectivity index (χ1) is 11.7. The quantitative estimate of drug-likeness (QED) is 0.772. The van der Waals surface area contributed by atoms with Crippen molar-refractivity contribution < 1.29 is 0 Å². The Balaban J connectivity index is 1.49. The highest BCUT2D eigenvalue weighted by Gasteiger charge is 2.31. The molecule has 0 saturated heterocycles. The monoisotopic (exact) mass is 320 g/mol. The van der Waals surface area contributed by atoms with Gasteiger partial charge in [0.25, 0.3) is 0 Å². The van der Waals surface area contributed by atoms with Crippen LogP contribution in [0.5, 0.6) is 0 Å². The van der Waals surface area contributed by atoms with E-state index in [1.54, 1.807) is 6.20 Å². The van der Waals surface area contributed by atoms with Crippen LogP contribution in [-0.4, -0.2) is 25.6 Å². The maximum absolute atomic E-state index is 4.52. The van der Waals surface area contributed by atoms with Gasteiger partial charge in [-0.05, 0) is 54.7 Å². The summed E-state index contributed by atoms with van der Waals surface area (Å²) in [5.41, 5.74) is 4.75. The van der Waals surface area contributed by atoms with Crippen LogP contribution in [0.3, 0.4) is 0 Å². The Labute approximate surface area is 140 Å². The molecule has 1 atom stereocenters. The van der Waals surface area contributed by atoms with Crippen LogP contribution in [0.2, 0.25) is 0 Å². The summed E-state index contributed by atoms with van der Waals surface area (Å²) in [6, 6.07) is 12.7. The fourth-order valence-electron chi connectivity index (χ4n) is 3.46. The van der Waals surface area contributed by atoms with E-state index in [9.17, 15) is 0 Å². The van der Waals surface area contributed by atoms with Gasteiger partial charge in [-0.25, -0.2) is 0 Å². The Bertz CT molecular complexity index is 812. The fraction of sp³-hybridized carbons (Fsp3) is 0.333. The number of nitrogens with zero attached hydrogens (tertiary/aromatic N) is 4. The van der Waals surface area contributed by atoms with Gasteiger partial charge in [-0.2, -0.15) is 5.21 Å². The van der Waals surface area contributed by atoms with E-state index in [0.717, 1.165) is 24.2 Å². The molecule has 0 aliphatic heterocycles. The normalized spacial score (nSPS) is 19.9. The van der Waals surface area contributed by atoms with E-state index in [0.29, 0.717) is 5.82 Å². The highest BCUT2D eigenvalue weighted by Crippen LogP contribution is 2.35. The van der Waals surface area contributed by atoms with Crippen molar-refractivity contribution in [1.82, 2.24) is 30.9 Å². The summed E-state index contributed by atoms with van der Waals surface area (Å²) in [6.07, 6.45) is 5.32. The number of pyridine rings is 1. The van der Waals surface area contributed by atoms with Crippen molar-refractivity contribution in [2.24, 2.45) is 0 Å². The molecule has 0 saturated carbocycles. The molecule has 6 nitrogen and oxygen atoms in total. The Hall–Kier alpha value is -2.60. The van der Waals surface area contributed by atoms with Gasteiger partial charge in [-0.3, -0.25) is 4.98 Å². The lowest BCUT2D eigenvalue weighted by atomic mass is 9.78. The van der Waals surface area contributed by atoms with Crippen LogP contribution >= 0.6 is 0 Å². The van der Waals surface area contributed by atoms with Crippen LogP contribution in [0, 0.1) is 0 Å². The third kappa shape index (κ3) is 2.80. The van der Waals surface area contributed by atoms with E-state index in [4.69, 9.17) is 0 Å². The maximum Gasteiger partial charge on any atom is 0.206 e. The molecule has 1 unspecified atom stereocenters. The number of nitrogens with one attached hydrogen (secondary N) is 2. The SMILES string of the molecule is CC1(NCc2ccc(-c3nn[nH]n3)cn2)CCCc2ccccc21. The maximum atomic E-state index is 4.52. The summed E-state index contributed by atoms with van der Waals surface area (Å²) in [5, 5.41) is 17.7. The van der Waals surface area contributed by atoms with Crippen molar-refractivity contribution in [2.75, 3.05) is 0 Å². The van der Waals surface area contributed by atoms with Crippen molar-refractivity contribution in [1.29, 1.82) is 0 Å². The van der Waals surface area contributed by atoms with Crippen molar-refractivity contribution >= 4 is 0 Å². The molecule has 1 aromatic carbocycles. The minimum absolute atomic E-state index is 0.00284. The predicted molar refractivity (Wildman–Crippen MR) is 91.0 cm³/mol. The zero-order chi connectivity index (χ0) is 16.4. The molecule has 6 heteroatoms. The first kappa shape index (κ1) is 15.0. The van der Waals surface area contributed by atoms with E-state index < -0.39 is 0 Å². The van der Waals surface area contributed by atoms with E-state index in [-0.39, 0.29) is 5.54 Å². The van der Waals surface area contributed by atoms with E-state index in [2.05, 4.69) is 62.1 Å². The first-order valence-electron chi connectivity index (χ1n) is 8.27. The van der Waals surface area contributed by atoms with Gasteiger partial charge in [-0.15, -0.1) is 10.2 Å². The van der Waals surface area contributed by atoms with Crippen molar-refractivity contribution in [3.05, 3.63) is 59.4 Å². The molecule has 1 aliphatic rings. The number of fused-ring (bicyclic) bond motifs is 1. The van der Waals surface area contributed by atoms with Gasteiger partial charge in [0.1, 0.15) is 0 Å². The second-order valence-corrected chi connectivity index (χ2v) is 6.47. The minimum Gasteiger partial charge on any atom is -0.302 e. The molecule has 3 aromatic rings. The molecule has 0 fully saturated rings. The van der Waals surface area contributed by atoms with Gasteiger partial charge in [-0.1, -0.05) is 24.3 Å². The highest BCUT2D eigenvalue weighted by molar-refractivity contribution is 5.51. The first-order valence-corrected chi connectivity index (χ1v) is 8.27. The van der Waals surface area contributed by atoms with Crippen LogP contribution in [-0.2, 0) is 18.5 Å². The van der Waals surface area contributed by atoms with Gasteiger partial charge in [0.05, 0.1) is 5.69 Å². The van der Waals surface area contributed by atoms with Crippen molar-refractivity contribution in [3.8, 4) is 11.4 Å². The zero-order valence-electron chi connectivity index (χ0n) is 13.7. The summed E-state index contributed by atoms with van der Waals surface area (Å²) in [4.78, 5) is 4.52. The molecule has 122 valence electrons. The van der Waals surface area contributed by atoms with Crippen molar-refractivity contribution in [3.63, 3.8) is 0 Å². The number of hydrogen-bond donors (Lipinski definition) is 2. The van der Waals surface area contributed by atoms with E-state index in [1.165, 1.54) is 24.0 Å². The number of aryl methyl sites for hydroxylation is 1. The number of H-pyrrole nitrogens is 1. The summed E-state index contributed by atoms with van der Waals surface area (Å²) in [7, 11) is 0. The number of tetrazole rings is 1. The number of rotatable bonds is 4. The van der Waals surface area contributed by atoms with Crippen LogP contribution in [0.25, 0.3) is 11.4 Å². The molecular weight excluding hydrogens is 300 g/mol. The summed E-state index contributed by atoms with van der Waals surface area (Å²) < 4.78 is 0. The molecule has 0 bridgehead atoms. The Morgan fingerprint density at radius 3 is 2.92 bits per heavy atom. The lowest BCUT2D eigenvalue weighted by Gasteiger charge is -2.37. The largest absolute Gasteiger partial charge is 0.302 e. The third-order valence-corrected chi connectivity index (χ3v) is 4.82. The topological polar surface area (TPSA) is 79.4 Å².